The lowest BCUT2D eigenvalue weighted by Gasteiger charge is -2.10. The van der Waals surface area contributed by atoms with Crippen molar-refractivity contribution in [1.82, 2.24) is 10.3 Å². The van der Waals surface area contributed by atoms with Gasteiger partial charge in [0.05, 0.1) is 17.8 Å². The van der Waals surface area contributed by atoms with Gasteiger partial charge in [-0.2, -0.15) is 0 Å². The highest BCUT2D eigenvalue weighted by molar-refractivity contribution is 7.11. The maximum atomic E-state index is 11.6. The molecule has 0 aliphatic heterocycles. The first-order valence-electron chi connectivity index (χ1n) is 4.67. The standard InChI is InChI=1S/C9H12N2O4S/c1-2-5-7(16-4-10-5)8(13)11-6(3-12)9(14)15/h4,6,12H,2-3H2,1H3,(H,11,13)(H,14,15). The Labute approximate surface area is 95.9 Å². The van der Waals surface area contributed by atoms with Crippen LogP contribution in [0, 0.1) is 0 Å². The Bertz CT molecular complexity index is 391. The first-order valence-corrected chi connectivity index (χ1v) is 5.55. The van der Waals surface area contributed by atoms with E-state index in [1.807, 2.05) is 6.92 Å². The van der Waals surface area contributed by atoms with Gasteiger partial charge in [-0.1, -0.05) is 6.92 Å². The summed E-state index contributed by atoms with van der Waals surface area (Å²) in [4.78, 5) is 26.6. The summed E-state index contributed by atoms with van der Waals surface area (Å²) in [7, 11) is 0. The molecule has 1 atom stereocenters. The molecule has 0 spiro atoms. The highest BCUT2D eigenvalue weighted by Crippen LogP contribution is 2.13. The molecule has 1 heterocycles. The van der Waals surface area contributed by atoms with Gasteiger partial charge in [-0.15, -0.1) is 11.3 Å². The molecule has 6 nitrogen and oxygen atoms in total. The monoisotopic (exact) mass is 244 g/mol. The fourth-order valence-corrected chi connectivity index (χ4v) is 1.90. The van der Waals surface area contributed by atoms with Gasteiger partial charge in [0.2, 0.25) is 0 Å². The number of hydrogen-bond acceptors (Lipinski definition) is 5. The van der Waals surface area contributed by atoms with Crippen LogP contribution in [0.15, 0.2) is 5.51 Å². The molecule has 1 rings (SSSR count). The summed E-state index contributed by atoms with van der Waals surface area (Å²) in [5.41, 5.74) is 2.16. The second-order valence-corrected chi connectivity index (χ2v) is 3.88. The lowest BCUT2D eigenvalue weighted by Crippen LogP contribution is -2.43. The highest BCUT2D eigenvalue weighted by Gasteiger charge is 2.21. The Hall–Kier alpha value is -1.47. The quantitative estimate of drug-likeness (QED) is 0.670. The molecule has 1 unspecified atom stereocenters. The SMILES string of the molecule is CCc1ncsc1C(=O)NC(CO)C(=O)O. The molecule has 0 aliphatic rings. The van der Waals surface area contributed by atoms with Crippen LogP contribution in [0.4, 0.5) is 0 Å². The van der Waals surface area contributed by atoms with Crippen LogP contribution >= 0.6 is 11.3 Å². The summed E-state index contributed by atoms with van der Waals surface area (Å²) in [5.74, 6) is -1.78. The second-order valence-electron chi connectivity index (χ2n) is 3.03. The molecule has 16 heavy (non-hydrogen) atoms. The number of hydrogen-bond donors (Lipinski definition) is 3. The van der Waals surface area contributed by atoms with Crippen LogP contribution in [0.3, 0.4) is 0 Å². The highest BCUT2D eigenvalue weighted by atomic mass is 32.1. The van der Waals surface area contributed by atoms with Crippen LogP contribution in [-0.2, 0) is 11.2 Å². The minimum Gasteiger partial charge on any atom is -0.480 e. The molecule has 88 valence electrons. The van der Waals surface area contributed by atoms with E-state index in [4.69, 9.17) is 10.2 Å². The van der Waals surface area contributed by atoms with Gasteiger partial charge in [0.25, 0.3) is 5.91 Å². The number of carbonyl (C=O) groups excluding carboxylic acids is 1. The van der Waals surface area contributed by atoms with Crippen molar-refractivity contribution in [3.05, 3.63) is 16.1 Å². The molecular weight excluding hydrogens is 232 g/mol. The molecule has 3 N–H and O–H groups in total. The number of aromatic nitrogens is 1. The van der Waals surface area contributed by atoms with Gasteiger partial charge in [-0.3, -0.25) is 4.79 Å². The van der Waals surface area contributed by atoms with E-state index in [2.05, 4.69) is 10.3 Å². The number of aliphatic hydroxyl groups is 1. The largest absolute Gasteiger partial charge is 0.480 e. The van der Waals surface area contributed by atoms with Crippen LogP contribution in [0.5, 0.6) is 0 Å². The fourth-order valence-electron chi connectivity index (χ4n) is 1.12. The summed E-state index contributed by atoms with van der Waals surface area (Å²) >= 11 is 1.15. The minimum absolute atomic E-state index is 0.391. The van der Waals surface area contributed by atoms with Crippen molar-refractivity contribution >= 4 is 23.2 Å². The summed E-state index contributed by atoms with van der Waals surface area (Å²) in [5, 5.41) is 19.6. The average Bonchev–Trinajstić information content (AvgIpc) is 2.72. The van der Waals surface area contributed by atoms with E-state index < -0.39 is 24.5 Å². The average molecular weight is 244 g/mol. The van der Waals surface area contributed by atoms with E-state index in [1.165, 1.54) is 5.51 Å². The lowest BCUT2D eigenvalue weighted by molar-refractivity contribution is -0.140. The van der Waals surface area contributed by atoms with Crippen molar-refractivity contribution in [1.29, 1.82) is 0 Å². The number of aliphatic carboxylic acids is 1. The molecule has 1 aromatic rings. The van der Waals surface area contributed by atoms with Gasteiger partial charge in [-0.25, -0.2) is 9.78 Å². The number of aliphatic hydroxyl groups excluding tert-OH is 1. The molecule has 0 aliphatic carbocycles. The number of carboxylic acid groups (broad SMARTS) is 1. The summed E-state index contributed by atoms with van der Waals surface area (Å²) in [6.45, 7) is 1.22. The molecule has 1 aromatic heterocycles. The number of nitrogens with one attached hydrogen (secondary N) is 1. The van der Waals surface area contributed by atoms with Crippen molar-refractivity contribution < 1.29 is 19.8 Å². The van der Waals surface area contributed by atoms with Gasteiger partial charge in [0, 0.05) is 0 Å². The van der Waals surface area contributed by atoms with Gasteiger partial charge in [-0.05, 0) is 6.42 Å². The third-order valence-corrected chi connectivity index (χ3v) is 2.84. The minimum atomic E-state index is -1.28. The molecule has 0 fully saturated rings. The third kappa shape index (κ3) is 2.77. The van der Waals surface area contributed by atoms with Crippen LogP contribution in [0.2, 0.25) is 0 Å². The molecule has 1 amide bonds. The van der Waals surface area contributed by atoms with Crippen molar-refractivity contribution in [3.8, 4) is 0 Å². The van der Waals surface area contributed by atoms with Crippen LogP contribution in [-0.4, -0.2) is 39.7 Å². The summed E-state index contributed by atoms with van der Waals surface area (Å²) in [6.07, 6.45) is 0.600. The molecule has 0 bridgehead atoms. The van der Waals surface area contributed by atoms with E-state index in [-0.39, 0.29) is 0 Å². The Kier molecular flexibility index (Phi) is 4.39. The zero-order chi connectivity index (χ0) is 12.1. The number of nitrogens with zero attached hydrogens (tertiary/aromatic N) is 1. The van der Waals surface area contributed by atoms with Crippen molar-refractivity contribution in [2.75, 3.05) is 6.61 Å². The first kappa shape index (κ1) is 12.6. The van der Waals surface area contributed by atoms with E-state index in [0.717, 1.165) is 11.3 Å². The number of carbonyl (C=O) groups is 2. The maximum absolute atomic E-state index is 11.6. The van der Waals surface area contributed by atoms with E-state index >= 15 is 0 Å². The Morgan fingerprint density at radius 2 is 2.31 bits per heavy atom. The van der Waals surface area contributed by atoms with Crippen LogP contribution in [0.1, 0.15) is 22.3 Å². The van der Waals surface area contributed by atoms with E-state index in [0.29, 0.717) is 17.0 Å². The zero-order valence-electron chi connectivity index (χ0n) is 8.64. The van der Waals surface area contributed by atoms with Gasteiger partial charge < -0.3 is 15.5 Å². The molecule has 0 saturated carbocycles. The number of amides is 1. The number of aryl methyl sites for hydroxylation is 1. The van der Waals surface area contributed by atoms with Crippen molar-refractivity contribution in [2.24, 2.45) is 0 Å². The molecular formula is C9H12N2O4S. The lowest BCUT2D eigenvalue weighted by atomic mass is 10.2. The number of carboxylic acids is 1. The Balaban J connectivity index is 2.75. The molecule has 0 radical (unpaired) electrons. The zero-order valence-corrected chi connectivity index (χ0v) is 9.45. The van der Waals surface area contributed by atoms with Gasteiger partial charge in [0.1, 0.15) is 4.88 Å². The Morgan fingerprint density at radius 3 is 2.81 bits per heavy atom. The molecule has 0 aromatic carbocycles. The smallest absolute Gasteiger partial charge is 0.328 e. The second kappa shape index (κ2) is 5.57. The van der Waals surface area contributed by atoms with Gasteiger partial charge >= 0.3 is 5.97 Å². The van der Waals surface area contributed by atoms with E-state index in [1.54, 1.807) is 0 Å². The van der Waals surface area contributed by atoms with Crippen LogP contribution < -0.4 is 5.32 Å². The van der Waals surface area contributed by atoms with Crippen LogP contribution in [0.25, 0.3) is 0 Å². The predicted molar refractivity (Wildman–Crippen MR) is 57.5 cm³/mol. The van der Waals surface area contributed by atoms with Crippen molar-refractivity contribution in [2.45, 2.75) is 19.4 Å². The number of thiazole rings is 1. The third-order valence-electron chi connectivity index (χ3n) is 1.97. The molecule has 0 saturated heterocycles. The van der Waals surface area contributed by atoms with Crippen molar-refractivity contribution in [3.63, 3.8) is 0 Å². The fraction of sp³-hybridized carbons (Fsp3) is 0.444. The molecule has 7 heteroatoms. The van der Waals surface area contributed by atoms with E-state index in [9.17, 15) is 9.59 Å². The predicted octanol–water partition coefficient (Wildman–Crippen LogP) is -0.119. The topological polar surface area (TPSA) is 99.5 Å². The van der Waals surface area contributed by atoms with Gasteiger partial charge in [0.15, 0.2) is 6.04 Å². The normalized spacial score (nSPS) is 12.1. The summed E-state index contributed by atoms with van der Waals surface area (Å²) in [6, 6.07) is -1.28. The Morgan fingerprint density at radius 1 is 1.62 bits per heavy atom. The first-order chi connectivity index (χ1) is 7.60. The number of rotatable bonds is 5. The maximum Gasteiger partial charge on any atom is 0.328 e. The summed E-state index contributed by atoms with van der Waals surface area (Å²) < 4.78 is 0.